The summed E-state index contributed by atoms with van der Waals surface area (Å²) in [5.74, 6) is -3.00. The van der Waals surface area contributed by atoms with Crippen LogP contribution in [0.25, 0.3) is 6.08 Å². The van der Waals surface area contributed by atoms with Crippen molar-refractivity contribution in [1.29, 1.82) is 0 Å². The first-order chi connectivity index (χ1) is 13.7. The number of carboxylic acids is 1. The third-order valence-corrected chi connectivity index (χ3v) is 4.93. The summed E-state index contributed by atoms with van der Waals surface area (Å²) < 4.78 is 13.0. The molecule has 3 amide bonds. The second-order valence-corrected chi connectivity index (χ2v) is 7.21. The van der Waals surface area contributed by atoms with Crippen molar-refractivity contribution >= 4 is 46.5 Å². The van der Waals surface area contributed by atoms with E-state index in [-0.39, 0.29) is 16.2 Å². The number of anilines is 1. The summed E-state index contributed by atoms with van der Waals surface area (Å²) in [5.41, 5.74) is 1.25. The van der Waals surface area contributed by atoms with Gasteiger partial charge in [0, 0.05) is 0 Å². The molecule has 148 valence electrons. The number of imide groups is 1. The average molecular weight is 414 g/mol. The molecule has 9 heteroatoms. The number of carbonyl (C=O) groups excluding carboxylic acids is 3. The number of carboxylic acid groups (broad SMARTS) is 1. The number of amides is 3. The predicted octanol–water partition coefficient (Wildman–Crippen LogP) is 3.51. The first-order valence-corrected chi connectivity index (χ1v) is 9.21. The number of nitrogens with one attached hydrogen (secondary N) is 1. The number of thioether (sulfide) groups is 1. The van der Waals surface area contributed by atoms with Crippen LogP contribution in [0.3, 0.4) is 0 Å². The number of aryl methyl sites for hydroxylation is 1. The lowest BCUT2D eigenvalue weighted by Gasteiger charge is -2.14. The first kappa shape index (κ1) is 20.3. The third kappa shape index (κ3) is 4.69. The number of nitrogens with zero attached hydrogens (tertiary/aromatic N) is 1. The Morgan fingerprint density at radius 3 is 2.52 bits per heavy atom. The summed E-state index contributed by atoms with van der Waals surface area (Å²) in [5, 5.41) is 11.0. The summed E-state index contributed by atoms with van der Waals surface area (Å²) in [6, 6.07) is 9.82. The molecule has 0 bridgehead atoms. The molecule has 0 spiro atoms. The standard InChI is InChI=1S/C20H15FN2O5S/c1-11-2-7-14(19(26)27)15(8-11)22-17(24)10-23-18(25)16(29-20(23)28)9-12-3-5-13(21)6-4-12/h2-9H,10H2,1H3,(H,22,24)(H,26,27)/b16-9-. The van der Waals surface area contributed by atoms with Crippen LogP contribution in [0.4, 0.5) is 14.9 Å². The molecule has 0 atom stereocenters. The molecule has 1 aliphatic heterocycles. The molecule has 2 aromatic carbocycles. The molecular formula is C20H15FN2O5S. The second-order valence-electron chi connectivity index (χ2n) is 6.22. The monoisotopic (exact) mass is 414 g/mol. The largest absolute Gasteiger partial charge is 0.478 e. The third-order valence-electron chi connectivity index (χ3n) is 4.02. The van der Waals surface area contributed by atoms with E-state index in [1.807, 2.05) is 0 Å². The van der Waals surface area contributed by atoms with Gasteiger partial charge in [0.2, 0.25) is 5.91 Å². The summed E-state index contributed by atoms with van der Waals surface area (Å²) in [7, 11) is 0. The van der Waals surface area contributed by atoms with Gasteiger partial charge in [0.15, 0.2) is 0 Å². The van der Waals surface area contributed by atoms with Crippen LogP contribution in [0, 0.1) is 12.7 Å². The van der Waals surface area contributed by atoms with Crippen LogP contribution < -0.4 is 5.32 Å². The van der Waals surface area contributed by atoms with Gasteiger partial charge in [-0.1, -0.05) is 18.2 Å². The number of hydrogen-bond acceptors (Lipinski definition) is 5. The van der Waals surface area contributed by atoms with Crippen molar-refractivity contribution in [3.63, 3.8) is 0 Å². The number of aromatic carboxylic acids is 1. The van der Waals surface area contributed by atoms with Gasteiger partial charge in [-0.2, -0.15) is 0 Å². The van der Waals surface area contributed by atoms with Gasteiger partial charge in [-0.15, -0.1) is 0 Å². The zero-order chi connectivity index (χ0) is 21.1. The zero-order valence-corrected chi connectivity index (χ0v) is 16.0. The molecule has 0 aromatic heterocycles. The van der Waals surface area contributed by atoms with Crippen LogP contribution in [-0.4, -0.2) is 39.6 Å². The molecule has 0 saturated carbocycles. The van der Waals surface area contributed by atoms with Gasteiger partial charge >= 0.3 is 5.97 Å². The molecule has 2 aromatic rings. The Morgan fingerprint density at radius 1 is 1.17 bits per heavy atom. The minimum Gasteiger partial charge on any atom is -0.478 e. The van der Waals surface area contributed by atoms with Crippen molar-refractivity contribution in [2.45, 2.75) is 6.92 Å². The lowest BCUT2D eigenvalue weighted by molar-refractivity contribution is -0.127. The van der Waals surface area contributed by atoms with E-state index in [9.17, 15) is 28.7 Å². The van der Waals surface area contributed by atoms with E-state index in [0.29, 0.717) is 17.3 Å². The second kappa shape index (κ2) is 8.27. The maximum atomic E-state index is 13.0. The molecule has 1 saturated heterocycles. The SMILES string of the molecule is Cc1ccc(C(=O)O)c(NC(=O)CN2C(=O)S/C(=C\c3ccc(F)cc3)C2=O)c1. The Balaban J connectivity index is 1.73. The van der Waals surface area contributed by atoms with Crippen molar-refractivity contribution in [3.8, 4) is 0 Å². The van der Waals surface area contributed by atoms with Gasteiger partial charge in [-0.3, -0.25) is 19.3 Å². The Hall–Kier alpha value is -3.46. The van der Waals surface area contributed by atoms with Crippen molar-refractivity contribution in [3.05, 3.63) is 69.9 Å². The van der Waals surface area contributed by atoms with Crippen LogP contribution in [0.15, 0.2) is 47.4 Å². The fourth-order valence-electron chi connectivity index (χ4n) is 2.63. The van der Waals surface area contributed by atoms with Gasteiger partial charge in [0.25, 0.3) is 11.1 Å². The van der Waals surface area contributed by atoms with Gasteiger partial charge in [0.05, 0.1) is 16.2 Å². The maximum Gasteiger partial charge on any atom is 0.337 e. The summed E-state index contributed by atoms with van der Waals surface area (Å²) in [6.45, 7) is 1.18. The van der Waals surface area contributed by atoms with Gasteiger partial charge in [-0.25, -0.2) is 9.18 Å². The number of hydrogen-bond donors (Lipinski definition) is 2. The highest BCUT2D eigenvalue weighted by atomic mass is 32.2. The molecule has 3 rings (SSSR count). The highest BCUT2D eigenvalue weighted by Gasteiger charge is 2.36. The lowest BCUT2D eigenvalue weighted by Crippen LogP contribution is -2.36. The highest BCUT2D eigenvalue weighted by Crippen LogP contribution is 2.32. The molecule has 0 unspecified atom stereocenters. The molecule has 1 aliphatic rings. The molecule has 7 nitrogen and oxygen atoms in total. The fraction of sp³-hybridized carbons (Fsp3) is 0.100. The van der Waals surface area contributed by atoms with Crippen LogP contribution in [0.5, 0.6) is 0 Å². The van der Waals surface area contributed by atoms with E-state index in [1.165, 1.54) is 42.5 Å². The lowest BCUT2D eigenvalue weighted by atomic mass is 10.1. The molecule has 0 radical (unpaired) electrons. The number of benzene rings is 2. The van der Waals surface area contributed by atoms with E-state index >= 15 is 0 Å². The molecule has 0 aliphatic carbocycles. The maximum absolute atomic E-state index is 13.0. The molecule has 29 heavy (non-hydrogen) atoms. The van der Waals surface area contributed by atoms with Crippen LogP contribution in [0.2, 0.25) is 0 Å². The summed E-state index contributed by atoms with van der Waals surface area (Å²) in [4.78, 5) is 49.1. The predicted molar refractivity (Wildman–Crippen MR) is 106 cm³/mol. The van der Waals surface area contributed by atoms with E-state index in [1.54, 1.807) is 13.0 Å². The van der Waals surface area contributed by atoms with Gasteiger partial charge in [0.1, 0.15) is 12.4 Å². The normalized spacial score (nSPS) is 15.1. The van der Waals surface area contributed by atoms with Crippen LogP contribution in [-0.2, 0) is 9.59 Å². The van der Waals surface area contributed by atoms with E-state index < -0.39 is 35.4 Å². The first-order valence-electron chi connectivity index (χ1n) is 8.39. The van der Waals surface area contributed by atoms with E-state index in [0.717, 1.165) is 10.5 Å². The minimum atomic E-state index is -1.21. The molecule has 2 N–H and O–H groups in total. The molecule has 1 heterocycles. The Labute approximate surface area is 169 Å². The Kier molecular flexibility index (Phi) is 5.79. The van der Waals surface area contributed by atoms with E-state index in [2.05, 4.69) is 5.32 Å². The Bertz CT molecular complexity index is 1050. The number of rotatable bonds is 5. The fourth-order valence-corrected chi connectivity index (χ4v) is 3.47. The van der Waals surface area contributed by atoms with Gasteiger partial charge in [-0.05, 0) is 60.2 Å². The van der Waals surface area contributed by atoms with Crippen molar-refractivity contribution < 1.29 is 28.7 Å². The number of carbonyl (C=O) groups is 4. The molecule has 1 fully saturated rings. The van der Waals surface area contributed by atoms with Gasteiger partial charge < -0.3 is 10.4 Å². The van der Waals surface area contributed by atoms with E-state index in [4.69, 9.17) is 0 Å². The van der Waals surface area contributed by atoms with Crippen LogP contribution in [0.1, 0.15) is 21.5 Å². The smallest absolute Gasteiger partial charge is 0.337 e. The molecular weight excluding hydrogens is 399 g/mol. The highest BCUT2D eigenvalue weighted by molar-refractivity contribution is 8.18. The quantitative estimate of drug-likeness (QED) is 0.726. The van der Waals surface area contributed by atoms with Crippen LogP contribution >= 0.6 is 11.8 Å². The summed E-state index contributed by atoms with van der Waals surface area (Å²) >= 11 is 0.670. The Morgan fingerprint density at radius 2 is 1.86 bits per heavy atom. The zero-order valence-electron chi connectivity index (χ0n) is 15.1. The summed E-state index contributed by atoms with van der Waals surface area (Å²) in [6.07, 6.45) is 1.44. The van der Waals surface area contributed by atoms with Crippen molar-refractivity contribution in [2.75, 3.05) is 11.9 Å². The average Bonchev–Trinajstić information content (AvgIpc) is 2.91. The minimum absolute atomic E-state index is 0.0799. The van der Waals surface area contributed by atoms with Crippen molar-refractivity contribution in [2.24, 2.45) is 0 Å². The van der Waals surface area contributed by atoms with Crippen molar-refractivity contribution in [1.82, 2.24) is 4.90 Å². The topological polar surface area (TPSA) is 104 Å². The number of halogens is 1.